The van der Waals surface area contributed by atoms with Crippen LogP contribution in [-0.4, -0.2) is 17.0 Å². The monoisotopic (exact) mass is 265 g/mol. The largest absolute Gasteiger partial charge is 0.478 e. The molecule has 0 saturated heterocycles. The predicted molar refractivity (Wildman–Crippen MR) is 65.1 cm³/mol. The van der Waals surface area contributed by atoms with E-state index < -0.39 is 11.9 Å². The third-order valence-corrected chi connectivity index (χ3v) is 2.37. The molecule has 0 aliphatic carbocycles. The van der Waals surface area contributed by atoms with Crippen LogP contribution < -0.4 is 5.32 Å². The zero-order valence-electron chi connectivity index (χ0n) is 9.01. The molecule has 2 rings (SSSR count). The Morgan fingerprint density at radius 1 is 1.22 bits per heavy atom. The quantitative estimate of drug-likeness (QED) is 0.894. The molecule has 2 aromatic rings. The summed E-state index contributed by atoms with van der Waals surface area (Å²) in [5.41, 5.74) is 0.456. The molecule has 0 aliphatic rings. The standard InChI is InChI=1S/C12H8ClNO4/c13-10-5-4-9(18-10)11(15)14-8-3-1-2-7(6-8)12(16)17/h1-6H,(H,14,15)(H,16,17). The number of carboxylic acids is 1. The first-order chi connectivity index (χ1) is 8.56. The van der Waals surface area contributed by atoms with Gasteiger partial charge in [-0.2, -0.15) is 0 Å². The van der Waals surface area contributed by atoms with Crippen molar-refractivity contribution in [3.8, 4) is 0 Å². The molecular formula is C12H8ClNO4. The van der Waals surface area contributed by atoms with E-state index in [9.17, 15) is 9.59 Å². The maximum absolute atomic E-state index is 11.7. The second-order valence-corrected chi connectivity index (χ2v) is 3.82. The number of amides is 1. The van der Waals surface area contributed by atoms with Crippen molar-refractivity contribution < 1.29 is 19.1 Å². The lowest BCUT2D eigenvalue weighted by Crippen LogP contribution is -2.11. The van der Waals surface area contributed by atoms with Crippen molar-refractivity contribution in [3.05, 3.63) is 52.9 Å². The zero-order valence-corrected chi connectivity index (χ0v) is 9.77. The number of carboxylic acid groups (broad SMARTS) is 1. The molecular weight excluding hydrogens is 258 g/mol. The highest BCUT2D eigenvalue weighted by Gasteiger charge is 2.11. The third kappa shape index (κ3) is 2.70. The second kappa shape index (κ2) is 4.93. The van der Waals surface area contributed by atoms with E-state index >= 15 is 0 Å². The van der Waals surface area contributed by atoms with E-state index in [1.807, 2.05) is 0 Å². The Hall–Kier alpha value is -2.27. The van der Waals surface area contributed by atoms with Gasteiger partial charge in [0, 0.05) is 5.69 Å². The number of carbonyl (C=O) groups is 2. The normalized spacial score (nSPS) is 10.1. The Morgan fingerprint density at radius 3 is 2.61 bits per heavy atom. The number of halogens is 1. The van der Waals surface area contributed by atoms with Crippen molar-refractivity contribution in [2.75, 3.05) is 5.32 Å². The third-order valence-electron chi connectivity index (χ3n) is 2.16. The van der Waals surface area contributed by atoms with E-state index in [0.29, 0.717) is 5.69 Å². The number of carbonyl (C=O) groups excluding carboxylic acids is 1. The summed E-state index contributed by atoms with van der Waals surface area (Å²) in [4.78, 5) is 22.5. The number of anilines is 1. The SMILES string of the molecule is O=C(O)c1cccc(NC(=O)c2ccc(Cl)o2)c1. The molecule has 1 amide bonds. The molecule has 0 spiro atoms. The van der Waals surface area contributed by atoms with Gasteiger partial charge in [-0.15, -0.1) is 0 Å². The summed E-state index contributed by atoms with van der Waals surface area (Å²) < 4.78 is 4.93. The average molecular weight is 266 g/mol. The summed E-state index contributed by atoms with van der Waals surface area (Å²) in [5.74, 6) is -1.50. The maximum Gasteiger partial charge on any atom is 0.335 e. The number of hydrogen-bond acceptors (Lipinski definition) is 3. The second-order valence-electron chi connectivity index (χ2n) is 3.44. The van der Waals surface area contributed by atoms with Crippen molar-refractivity contribution in [3.63, 3.8) is 0 Å². The van der Waals surface area contributed by atoms with E-state index in [1.54, 1.807) is 6.07 Å². The molecule has 0 unspecified atom stereocenters. The van der Waals surface area contributed by atoms with Gasteiger partial charge in [-0.05, 0) is 41.9 Å². The van der Waals surface area contributed by atoms with Gasteiger partial charge in [0.15, 0.2) is 11.0 Å². The first kappa shape index (κ1) is 12.2. The summed E-state index contributed by atoms with van der Waals surface area (Å²) in [7, 11) is 0. The fourth-order valence-electron chi connectivity index (χ4n) is 1.36. The molecule has 92 valence electrons. The number of furan rings is 1. The first-order valence-corrected chi connectivity index (χ1v) is 5.34. The summed E-state index contributed by atoms with van der Waals surface area (Å²) in [6.07, 6.45) is 0. The van der Waals surface area contributed by atoms with Gasteiger partial charge >= 0.3 is 5.97 Å². The molecule has 18 heavy (non-hydrogen) atoms. The van der Waals surface area contributed by atoms with Crippen molar-refractivity contribution in [1.29, 1.82) is 0 Å². The molecule has 0 radical (unpaired) electrons. The number of nitrogens with one attached hydrogen (secondary N) is 1. The Labute approximate surface area is 107 Å². The van der Waals surface area contributed by atoms with Crippen LogP contribution in [0.5, 0.6) is 0 Å². The highest BCUT2D eigenvalue weighted by molar-refractivity contribution is 6.29. The van der Waals surface area contributed by atoms with E-state index in [-0.39, 0.29) is 16.5 Å². The van der Waals surface area contributed by atoms with Gasteiger partial charge in [-0.1, -0.05) is 6.07 Å². The average Bonchev–Trinajstić information content (AvgIpc) is 2.76. The van der Waals surface area contributed by atoms with E-state index in [2.05, 4.69) is 5.32 Å². The van der Waals surface area contributed by atoms with Crippen molar-refractivity contribution >= 4 is 29.2 Å². The van der Waals surface area contributed by atoms with Crippen molar-refractivity contribution in [1.82, 2.24) is 0 Å². The molecule has 1 aromatic carbocycles. The van der Waals surface area contributed by atoms with Crippen LogP contribution >= 0.6 is 11.6 Å². The minimum atomic E-state index is -1.06. The number of benzene rings is 1. The molecule has 5 nitrogen and oxygen atoms in total. The van der Waals surface area contributed by atoms with Crippen molar-refractivity contribution in [2.24, 2.45) is 0 Å². The Balaban J connectivity index is 2.16. The van der Waals surface area contributed by atoms with Crippen LogP contribution in [0, 0.1) is 0 Å². The molecule has 2 N–H and O–H groups in total. The number of hydrogen-bond donors (Lipinski definition) is 2. The van der Waals surface area contributed by atoms with E-state index in [1.165, 1.54) is 30.3 Å². The zero-order chi connectivity index (χ0) is 13.1. The van der Waals surface area contributed by atoms with Crippen LogP contribution in [0.4, 0.5) is 5.69 Å². The molecule has 6 heteroatoms. The first-order valence-electron chi connectivity index (χ1n) is 4.96. The van der Waals surface area contributed by atoms with Gasteiger partial charge in [0.1, 0.15) is 0 Å². The predicted octanol–water partition coefficient (Wildman–Crippen LogP) is 2.88. The smallest absolute Gasteiger partial charge is 0.335 e. The molecule has 0 aliphatic heterocycles. The fraction of sp³-hybridized carbons (Fsp3) is 0. The summed E-state index contributed by atoms with van der Waals surface area (Å²) in [6.45, 7) is 0. The molecule has 1 aromatic heterocycles. The van der Waals surface area contributed by atoms with E-state index in [0.717, 1.165) is 0 Å². The number of aromatic carboxylic acids is 1. The fourth-order valence-corrected chi connectivity index (χ4v) is 1.51. The van der Waals surface area contributed by atoms with Crippen LogP contribution in [0.15, 0.2) is 40.8 Å². The van der Waals surface area contributed by atoms with Gasteiger partial charge < -0.3 is 14.8 Å². The summed E-state index contributed by atoms with van der Waals surface area (Å²) in [5, 5.41) is 11.4. The lowest BCUT2D eigenvalue weighted by atomic mass is 10.2. The van der Waals surface area contributed by atoms with Gasteiger partial charge in [0.25, 0.3) is 5.91 Å². The van der Waals surface area contributed by atoms with Gasteiger partial charge in [0.05, 0.1) is 5.56 Å². The van der Waals surface area contributed by atoms with Crippen LogP contribution in [-0.2, 0) is 0 Å². The lowest BCUT2D eigenvalue weighted by Gasteiger charge is -2.03. The molecule has 0 fully saturated rings. The van der Waals surface area contributed by atoms with E-state index in [4.69, 9.17) is 21.1 Å². The molecule has 1 heterocycles. The summed E-state index contributed by atoms with van der Waals surface area (Å²) >= 11 is 5.55. The molecule has 0 saturated carbocycles. The minimum absolute atomic E-state index is 0.0562. The van der Waals surface area contributed by atoms with Crippen molar-refractivity contribution in [2.45, 2.75) is 0 Å². The highest BCUT2D eigenvalue weighted by Crippen LogP contribution is 2.16. The van der Waals surface area contributed by atoms with Crippen LogP contribution in [0.2, 0.25) is 5.22 Å². The van der Waals surface area contributed by atoms with Crippen LogP contribution in [0.1, 0.15) is 20.9 Å². The van der Waals surface area contributed by atoms with Gasteiger partial charge in [-0.25, -0.2) is 4.79 Å². The maximum atomic E-state index is 11.7. The Kier molecular flexibility index (Phi) is 3.34. The summed E-state index contributed by atoms with van der Waals surface area (Å²) in [6, 6.07) is 8.78. The molecule has 0 bridgehead atoms. The van der Waals surface area contributed by atoms with Crippen LogP contribution in [0.25, 0.3) is 0 Å². The van der Waals surface area contributed by atoms with Crippen LogP contribution in [0.3, 0.4) is 0 Å². The lowest BCUT2D eigenvalue weighted by molar-refractivity contribution is 0.0696. The Morgan fingerprint density at radius 2 is 2.00 bits per heavy atom. The molecule has 0 atom stereocenters. The van der Waals surface area contributed by atoms with Gasteiger partial charge in [0.2, 0.25) is 0 Å². The Bertz CT molecular complexity index is 606. The minimum Gasteiger partial charge on any atom is -0.478 e. The highest BCUT2D eigenvalue weighted by atomic mass is 35.5. The topological polar surface area (TPSA) is 79.5 Å². The van der Waals surface area contributed by atoms with Gasteiger partial charge in [-0.3, -0.25) is 4.79 Å². The number of rotatable bonds is 3.